The van der Waals surface area contributed by atoms with Gasteiger partial charge in [-0.2, -0.15) is 0 Å². The third-order valence-corrected chi connectivity index (χ3v) is 1.74. The van der Waals surface area contributed by atoms with Crippen molar-refractivity contribution in [3.05, 3.63) is 0 Å². The van der Waals surface area contributed by atoms with Crippen molar-refractivity contribution in [3.8, 4) is 0 Å². The zero-order valence-corrected chi connectivity index (χ0v) is 5.48. The van der Waals surface area contributed by atoms with Crippen LogP contribution in [-0.2, 0) is 9.67 Å². The van der Waals surface area contributed by atoms with Gasteiger partial charge in [-0.15, -0.1) is 0 Å². The van der Waals surface area contributed by atoms with Crippen molar-refractivity contribution in [2.24, 2.45) is 0 Å². The number of rotatable bonds is 1. The molecule has 0 aliphatic carbocycles. The predicted octanol–water partition coefficient (Wildman–Crippen LogP) is 2.10. The Bertz CT molecular complexity index is 123. The first-order chi connectivity index (χ1) is 2.77. The summed E-state index contributed by atoms with van der Waals surface area (Å²) in [6.07, 6.45) is 1.08. The Kier molecular flexibility index (Phi) is 3.91. The monoisotopic (exact) mass is 121 g/mol. The van der Waals surface area contributed by atoms with Gasteiger partial charge in [0, 0.05) is 0 Å². The van der Waals surface area contributed by atoms with E-state index in [0.717, 1.165) is 12.2 Å². The Morgan fingerprint density at radius 1 is 1.83 bits per heavy atom. The van der Waals surface area contributed by atoms with Crippen LogP contribution in [0.15, 0.2) is 0 Å². The number of nitrogens with one attached hydrogen (secondary N) is 1. The molecule has 0 aromatic carbocycles. The van der Waals surface area contributed by atoms with Crippen LogP contribution in [0, 0.1) is 4.78 Å². The first kappa shape index (κ1) is 6.45. The molecule has 0 rings (SSSR count). The molecule has 0 heterocycles. The van der Waals surface area contributed by atoms with Gasteiger partial charge in [-0.25, -0.2) is 0 Å². The molecule has 0 radical (unpaired) electrons. The molecule has 6 heavy (non-hydrogen) atoms. The van der Waals surface area contributed by atoms with Crippen LogP contribution in [0.4, 0.5) is 0 Å². The van der Waals surface area contributed by atoms with Gasteiger partial charge < -0.3 is 0 Å². The minimum absolute atomic E-state index is 0.371. The van der Waals surface area contributed by atoms with Crippen LogP contribution in [0.25, 0.3) is 0 Å². The molecule has 1 N–H and O–H groups in total. The van der Waals surface area contributed by atoms with E-state index in [4.69, 9.17) is 4.78 Å². The van der Waals surface area contributed by atoms with E-state index in [1.165, 1.54) is 0 Å². The molecule has 0 aromatic heterocycles. The van der Waals surface area contributed by atoms with E-state index in [9.17, 15) is 0 Å². The SMILES string of the molecule is CCCS(=N)#P. The van der Waals surface area contributed by atoms with Crippen molar-refractivity contribution in [2.45, 2.75) is 13.3 Å². The molecule has 0 bridgehead atoms. The molecule has 0 atom stereocenters. The van der Waals surface area contributed by atoms with Crippen molar-refractivity contribution in [1.29, 1.82) is 4.78 Å². The summed E-state index contributed by atoms with van der Waals surface area (Å²) in [5, 5.41) is 0. The van der Waals surface area contributed by atoms with Crippen LogP contribution < -0.4 is 0 Å². The summed E-state index contributed by atoms with van der Waals surface area (Å²) in [6.45, 7) is 2.06. The fraction of sp³-hybridized carbons (Fsp3) is 1.00. The molecule has 0 unspecified atom stereocenters. The summed E-state index contributed by atoms with van der Waals surface area (Å²) in [5.74, 6) is 0.934. The normalized spacial score (nSPS) is 8.00. The molecular weight excluding hydrogens is 113 g/mol. The molecule has 0 aromatic rings. The molecular formula is C3H8NPS. The third kappa shape index (κ3) is 4.45. The molecule has 0 spiro atoms. The maximum absolute atomic E-state index is 6.87. The van der Waals surface area contributed by atoms with Crippen molar-refractivity contribution in [1.82, 2.24) is 0 Å². The van der Waals surface area contributed by atoms with Crippen molar-refractivity contribution in [3.63, 3.8) is 0 Å². The maximum atomic E-state index is 6.87. The Balaban J connectivity index is 3.16. The van der Waals surface area contributed by atoms with Crippen LogP contribution in [0.2, 0.25) is 0 Å². The summed E-state index contributed by atoms with van der Waals surface area (Å²) in [6, 6.07) is 0. The molecule has 0 saturated heterocycles. The van der Waals surface area contributed by atoms with Gasteiger partial charge in [-0.1, -0.05) is 0 Å². The molecule has 36 valence electrons. The molecule has 0 aliphatic heterocycles. The predicted molar refractivity (Wildman–Crippen MR) is 32.2 cm³/mol. The van der Waals surface area contributed by atoms with Crippen molar-refractivity contribution < 1.29 is 0 Å². The van der Waals surface area contributed by atoms with Crippen molar-refractivity contribution in [2.75, 3.05) is 5.75 Å². The van der Waals surface area contributed by atoms with Gasteiger partial charge in [0.1, 0.15) is 0 Å². The summed E-state index contributed by atoms with van der Waals surface area (Å²) in [5.41, 5.74) is 0. The summed E-state index contributed by atoms with van der Waals surface area (Å²) in [7, 11) is 3.50. The Labute approximate surface area is 42.1 Å². The van der Waals surface area contributed by atoms with Gasteiger partial charge in [-0.3, -0.25) is 0 Å². The second-order valence-corrected chi connectivity index (χ2v) is 3.53. The van der Waals surface area contributed by atoms with Gasteiger partial charge >= 0.3 is 41.4 Å². The van der Waals surface area contributed by atoms with Crippen LogP contribution >= 0.6 is 7.81 Å². The van der Waals surface area contributed by atoms with Gasteiger partial charge in [0.25, 0.3) is 0 Å². The van der Waals surface area contributed by atoms with Crippen molar-refractivity contribution >= 4 is 17.5 Å². The summed E-state index contributed by atoms with van der Waals surface area (Å²) >= 11 is 0. The van der Waals surface area contributed by atoms with E-state index >= 15 is 0 Å². The molecule has 0 fully saturated rings. The summed E-state index contributed by atoms with van der Waals surface area (Å²) in [4.78, 5) is 0. The standard InChI is InChI=1S/C3H8NPS/c1-2-3-6(4)5/h4H,2-3H2,1H3. The third-order valence-electron chi connectivity index (χ3n) is 0.397. The van der Waals surface area contributed by atoms with Crippen LogP contribution in [0.5, 0.6) is 0 Å². The number of hydrogen-bond donors (Lipinski definition) is 1. The van der Waals surface area contributed by atoms with Crippen LogP contribution in [0.3, 0.4) is 0 Å². The molecule has 3 heteroatoms. The second-order valence-electron chi connectivity index (χ2n) is 1.07. The zero-order valence-electron chi connectivity index (χ0n) is 3.77. The van der Waals surface area contributed by atoms with Gasteiger partial charge in [0.05, 0.1) is 0 Å². The Hall–Kier alpha value is 0.450. The van der Waals surface area contributed by atoms with E-state index < -0.39 is 0 Å². The topological polar surface area (TPSA) is 23.9 Å². The first-order valence-corrected chi connectivity index (χ1v) is 4.33. The average molecular weight is 121 g/mol. The first-order valence-electron chi connectivity index (χ1n) is 1.88. The Morgan fingerprint density at radius 3 is 2.33 bits per heavy atom. The quantitative estimate of drug-likeness (QED) is 0.514. The molecule has 0 saturated carbocycles. The van der Waals surface area contributed by atoms with Crippen LogP contribution in [-0.4, -0.2) is 5.75 Å². The number of hydrogen-bond acceptors (Lipinski definition) is 1. The fourth-order valence-corrected chi connectivity index (χ4v) is 1.13. The van der Waals surface area contributed by atoms with E-state index in [0.29, 0.717) is 0 Å². The zero-order chi connectivity index (χ0) is 4.99. The molecule has 0 aliphatic rings. The second kappa shape index (κ2) is 3.63. The molecule has 0 amide bonds. The van der Waals surface area contributed by atoms with Crippen LogP contribution in [0.1, 0.15) is 13.3 Å². The van der Waals surface area contributed by atoms with E-state index in [1.54, 1.807) is 0 Å². The average Bonchev–Trinajstić information content (AvgIpc) is 1.35. The molecule has 1 nitrogen and oxygen atoms in total. The minimum atomic E-state index is -0.371. The Morgan fingerprint density at radius 2 is 2.33 bits per heavy atom. The fourth-order valence-electron chi connectivity index (χ4n) is 0.193. The summed E-state index contributed by atoms with van der Waals surface area (Å²) < 4.78 is 6.87. The van der Waals surface area contributed by atoms with Gasteiger partial charge in [-0.05, 0) is 0 Å². The van der Waals surface area contributed by atoms with E-state index in [1.807, 2.05) is 0 Å². The van der Waals surface area contributed by atoms with Gasteiger partial charge in [0.15, 0.2) is 0 Å². The van der Waals surface area contributed by atoms with E-state index in [2.05, 4.69) is 14.7 Å². The van der Waals surface area contributed by atoms with E-state index in [-0.39, 0.29) is 9.67 Å². The van der Waals surface area contributed by atoms with Gasteiger partial charge in [0.2, 0.25) is 0 Å².